The van der Waals surface area contributed by atoms with Crippen LogP contribution >= 0.6 is 0 Å². The van der Waals surface area contributed by atoms with Crippen molar-refractivity contribution in [2.75, 3.05) is 7.11 Å². The van der Waals surface area contributed by atoms with Crippen molar-refractivity contribution in [3.8, 4) is 11.4 Å². The van der Waals surface area contributed by atoms with Gasteiger partial charge in [-0.3, -0.25) is 0 Å². The molecule has 94 valence electrons. The predicted octanol–water partition coefficient (Wildman–Crippen LogP) is 1.98. The molecule has 18 heavy (non-hydrogen) atoms. The number of hydrogen-bond acceptors (Lipinski definition) is 4. The zero-order valence-corrected chi connectivity index (χ0v) is 10.5. The minimum Gasteiger partial charge on any atom is -0.506 e. The van der Waals surface area contributed by atoms with Gasteiger partial charge in [0.15, 0.2) is 0 Å². The molecule has 2 aromatic rings. The van der Waals surface area contributed by atoms with E-state index in [0.29, 0.717) is 11.3 Å². The van der Waals surface area contributed by atoms with E-state index in [4.69, 9.17) is 0 Å². The van der Waals surface area contributed by atoms with E-state index in [-0.39, 0.29) is 5.75 Å². The second-order valence-corrected chi connectivity index (χ2v) is 4.03. The summed E-state index contributed by atoms with van der Waals surface area (Å²) >= 11 is 0. The monoisotopic (exact) mass is 246 g/mol. The van der Waals surface area contributed by atoms with Crippen LogP contribution in [0.2, 0.25) is 0 Å². The van der Waals surface area contributed by atoms with Gasteiger partial charge in [-0.25, -0.2) is 9.48 Å². The first-order valence-electron chi connectivity index (χ1n) is 5.48. The van der Waals surface area contributed by atoms with Gasteiger partial charge in [-0.05, 0) is 38.1 Å². The molecule has 1 aromatic heterocycles. The third-order valence-electron chi connectivity index (χ3n) is 2.63. The van der Waals surface area contributed by atoms with Crippen LogP contribution in [0.3, 0.4) is 0 Å². The molecule has 0 saturated carbocycles. The molecular formula is C13H14N2O3. The molecule has 1 N–H and O–H groups in total. The average Bonchev–Trinajstić information content (AvgIpc) is 2.67. The largest absolute Gasteiger partial charge is 0.506 e. The standard InChI is InChI=1S/C13H14N2O3/c1-8-6-9(2)15(14-8)11-5-4-10(7-12(11)16)13(17)18-3/h4-7,16H,1-3H3. The molecule has 5 heteroatoms. The van der Waals surface area contributed by atoms with Crippen LogP contribution in [0, 0.1) is 13.8 Å². The van der Waals surface area contributed by atoms with Gasteiger partial charge in [0, 0.05) is 5.69 Å². The van der Waals surface area contributed by atoms with Crippen LogP contribution < -0.4 is 0 Å². The topological polar surface area (TPSA) is 64.4 Å². The molecule has 0 aliphatic carbocycles. The lowest BCUT2D eigenvalue weighted by Crippen LogP contribution is -2.04. The lowest BCUT2D eigenvalue weighted by molar-refractivity contribution is 0.0600. The van der Waals surface area contributed by atoms with E-state index in [2.05, 4.69) is 9.84 Å². The van der Waals surface area contributed by atoms with Crippen LogP contribution in [0.4, 0.5) is 0 Å². The van der Waals surface area contributed by atoms with Gasteiger partial charge >= 0.3 is 5.97 Å². The molecule has 0 radical (unpaired) electrons. The quantitative estimate of drug-likeness (QED) is 0.823. The Hall–Kier alpha value is -2.30. The summed E-state index contributed by atoms with van der Waals surface area (Å²) < 4.78 is 6.22. The molecule has 2 rings (SSSR count). The number of ether oxygens (including phenoxy) is 1. The average molecular weight is 246 g/mol. The number of phenolic OH excluding ortho intramolecular Hbond substituents is 1. The molecule has 0 unspecified atom stereocenters. The highest BCUT2D eigenvalue weighted by molar-refractivity contribution is 5.90. The smallest absolute Gasteiger partial charge is 0.337 e. The summed E-state index contributed by atoms with van der Waals surface area (Å²) in [5.74, 6) is -0.491. The minimum atomic E-state index is -0.481. The van der Waals surface area contributed by atoms with Crippen LogP contribution in [-0.4, -0.2) is 28.0 Å². The van der Waals surface area contributed by atoms with Crippen molar-refractivity contribution in [3.05, 3.63) is 41.2 Å². The number of nitrogens with zero attached hydrogens (tertiary/aromatic N) is 2. The Morgan fingerprint density at radius 1 is 1.33 bits per heavy atom. The third kappa shape index (κ3) is 2.07. The number of benzene rings is 1. The van der Waals surface area contributed by atoms with Gasteiger partial charge in [0.2, 0.25) is 0 Å². The SMILES string of the molecule is COC(=O)c1ccc(-n2nc(C)cc2C)c(O)c1. The van der Waals surface area contributed by atoms with Gasteiger partial charge in [-0.2, -0.15) is 5.10 Å². The van der Waals surface area contributed by atoms with Crippen molar-refractivity contribution < 1.29 is 14.6 Å². The molecule has 0 bridgehead atoms. The zero-order chi connectivity index (χ0) is 13.3. The van der Waals surface area contributed by atoms with Crippen LogP contribution in [0.1, 0.15) is 21.7 Å². The van der Waals surface area contributed by atoms with Crippen molar-refractivity contribution in [2.24, 2.45) is 0 Å². The molecule has 0 aliphatic heterocycles. The van der Waals surface area contributed by atoms with Crippen molar-refractivity contribution in [2.45, 2.75) is 13.8 Å². The van der Waals surface area contributed by atoms with Crippen molar-refractivity contribution in [3.63, 3.8) is 0 Å². The lowest BCUT2D eigenvalue weighted by Gasteiger charge is -2.08. The fourth-order valence-electron chi connectivity index (χ4n) is 1.82. The van der Waals surface area contributed by atoms with E-state index in [0.717, 1.165) is 11.4 Å². The summed E-state index contributed by atoms with van der Waals surface area (Å²) in [7, 11) is 1.30. The number of methoxy groups -OCH3 is 1. The van der Waals surface area contributed by atoms with E-state index < -0.39 is 5.97 Å². The number of aryl methyl sites for hydroxylation is 2. The van der Waals surface area contributed by atoms with Gasteiger partial charge in [0.05, 0.1) is 18.4 Å². The van der Waals surface area contributed by atoms with E-state index in [1.807, 2.05) is 19.9 Å². The molecule has 0 fully saturated rings. The van der Waals surface area contributed by atoms with Crippen LogP contribution in [0.15, 0.2) is 24.3 Å². The van der Waals surface area contributed by atoms with E-state index >= 15 is 0 Å². The highest BCUT2D eigenvalue weighted by Gasteiger charge is 2.12. The van der Waals surface area contributed by atoms with Crippen LogP contribution in [-0.2, 0) is 4.74 Å². The number of aromatic nitrogens is 2. The Bertz CT molecular complexity index is 602. The number of hydrogen-bond donors (Lipinski definition) is 1. The number of aromatic hydroxyl groups is 1. The summed E-state index contributed by atoms with van der Waals surface area (Å²) in [6, 6.07) is 6.52. The van der Waals surface area contributed by atoms with Crippen molar-refractivity contribution in [1.82, 2.24) is 9.78 Å². The maximum Gasteiger partial charge on any atom is 0.337 e. The first-order valence-corrected chi connectivity index (χ1v) is 5.48. The number of phenols is 1. The number of esters is 1. The highest BCUT2D eigenvalue weighted by atomic mass is 16.5. The molecule has 0 saturated heterocycles. The second-order valence-electron chi connectivity index (χ2n) is 4.03. The Kier molecular flexibility index (Phi) is 3.06. The molecule has 1 heterocycles. The minimum absolute atomic E-state index is 0.0101. The van der Waals surface area contributed by atoms with Crippen LogP contribution in [0.5, 0.6) is 5.75 Å². The second kappa shape index (κ2) is 4.52. The normalized spacial score (nSPS) is 10.4. The van der Waals surface area contributed by atoms with Crippen molar-refractivity contribution >= 4 is 5.97 Å². The van der Waals surface area contributed by atoms with Gasteiger partial charge < -0.3 is 9.84 Å². The Morgan fingerprint density at radius 3 is 2.56 bits per heavy atom. The first-order chi connectivity index (χ1) is 8.52. The maximum absolute atomic E-state index is 11.3. The Balaban J connectivity index is 2.48. The fraction of sp³-hybridized carbons (Fsp3) is 0.231. The Labute approximate surface area is 105 Å². The first kappa shape index (κ1) is 12.2. The lowest BCUT2D eigenvalue weighted by atomic mass is 10.2. The number of carbonyl (C=O) groups excluding carboxylic acids is 1. The van der Waals surface area contributed by atoms with E-state index in [1.54, 1.807) is 16.8 Å². The molecule has 0 atom stereocenters. The third-order valence-corrected chi connectivity index (χ3v) is 2.63. The van der Waals surface area contributed by atoms with E-state index in [9.17, 15) is 9.90 Å². The van der Waals surface area contributed by atoms with Gasteiger partial charge in [0.25, 0.3) is 0 Å². The predicted molar refractivity (Wildman–Crippen MR) is 66.0 cm³/mol. The molecule has 0 aliphatic rings. The summed E-state index contributed by atoms with van der Waals surface area (Å²) in [5.41, 5.74) is 2.62. The summed E-state index contributed by atoms with van der Waals surface area (Å²) in [4.78, 5) is 11.3. The zero-order valence-electron chi connectivity index (χ0n) is 10.5. The van der Waals surface area contributed by atoms with Crippen molar-refractivity contribution in [1.29, 1.82) is 0 Å². The van der Waals surface area contributed by atoms with Gasteiger partial charge in [-0.15, -0.1) is 0 Å². The Morgan fingerprint density at radius 2 is 2.06 bits per heavy atom. The highest BCUT2D eigenvalue weighted by Crippen LogP contribution is 2.24. The van der Waals surface area contributed by atoms with Gasteiger partial charge in [0.1, 0.15) is 11.4 Å². The molecule has 5 nitrogen and oxygen atoms in total. The molecule has 1 aromatic carbocycles. The van der Waals surface area contributed by atoms with E-state index in [1.165, 1.54) is 13.2 Å². The summed E-state index contributed by atoms with van der Waals surface area (Å²) in [6.07, 6.45) is 0. The number of rotatable bonds is 2. The number of carbonyl (C=O) groups is 1. The molecular weight excluding hydrogens is 232 g/mol. The summed E-state index contributed by atoms with van der Waals surface area (Å²) in [6.45, 7) is 3.77. The summed E-state index contributed by atoms with van der Waals surface area (Å²) in [5, 5.41) is 14.2. The van der Waals surface area contributed by atoms with Gasteiger partial charge in [-0.1, -0.05) is 0 Å². The molecule has 0 spiro atoms. The fourth-order valence-corrected chi connectivity index (χ4v) is 1.82. The molecule has 0 amide bonds. The maximum atomic E-state index is 11.3. The van der Waals surface area contributed by atoms with Crippen LogP contribution in [0.25, 0.3) is 5.69 Å².